The smallest absolute Gasteiger partial charge is 0.0809 e. The average Bonchev–Trinajstić information content (AvgIpc) is 2.89. The van der Waals surface area contributed by atoms with Crippen molar-refractivity contribution in [3.8, 4) is 0 Å². The summed E-state index contributed by atoms with van der Waals surface area (Å²) in [5, 5.41) is 6.88. The van der Waals surface area contributed by atoms with Gasteiger partial charge in [-0.15, -0.1) is 11.3 Å². The lowest BCUT2D eigenvalue weighted by Crippen LogP contribution is -2.07. The molecule has 1 N–H and O–H groups in total. The van der Waals surface area contributed by atoms with E-state index in [0.717, 1.165) is 15.8 Å². The summed E-state index contributed by atoms with van der Waals surface area (Å²) in [6, 6.07) is 7.51. The Morgan fingerprint density at radius 1 is 1.14 bits per heavy atom. The zero-order chi connectivity index (χ0) is 15.0. The summed E-state index contributed by atoms with van der Waals surface area (Å²) in [5.41, 5.74) is 2.77. The van der Waals surface area contributed by atoms with Gasteiger partial charge >= 0.3 is 0 Å². The molecule has 0 aliphatic rings. The molecule has 2 nitrogen and oxygen atoms in total. The number of nitrogens with zero attached hydrogens (tertiary/aromatic N) is 1. The average molecular weight is 358 g/mol. The highest BCUT2D eigenvalue weighted by molar-refractivity contribution is 7.17. The van der Waals surface area contributed by atoms with Crippen molar-refractivity contribution in [1.29, 1.82) is 0 Å². The first-order valence-corrected chi connectivity index (χ1v) is 8.30. The van der Waals surface area contributed by atoms with Gasteiger partial charge < -0.3 is 5.32 Å². The predicted octanol–water partition coefficient (Wildman–Crippen LogP) is 6.43. The molecule has 0 fully saturated rings. The number of anilines is 1. The Bertz CT molecular complexity index is 777. The predicted molar refractivity (Wildman–Crippen MR) is 93.1 cm³/mol. The van der Waals surface area contributed by atoms with Crippen LogP contribution in [-0.2, 0) is 0 Å². The van der Waals surface area contributed by atoms with E-state index < -0.39 is 0 Å². The van der Waals surface area contributed by atoms with Crippen LogP contribution in [0.5, 0.6) is 0 Å². The normalized spacial score (nSPS) is 12.6. The van der Waals surface area contributed by atoms with Crippen molar-refractivity contribution in [1.82, 2.24) is 4.98 Å². The highest BCUT2D eigenvalue weighted by atomic mass is 35.5. The summed E-state index contributed by atoms with van der Waals surface area (Å²) in [5.74, 6) is 0. The number of hydrogen-bond donors (Lipinski definition) is 1. The molecule has 2 aromatic heterocycles. The first-order chi connectivity index (χ1) is 10.0. The van der Waals surface area contributed by atoms with Crippen LogP contribution >= 0.6 is 46.1 Å². The Balaban J connectivity index is 1.90. The molecule has 1 unspecified atom stereocenters. The third-order valence-corrected chi connectivity index (χ3v) is 4.86. The van der Waals surface area contributed by atoms with Crippen LogP contribution in [0.4, 0.5) is 5.69 Å². The van der Waals surface area contributed by atoms with Crippen LogP contribution in [0.2, 0.25) is 15.1 Å². The van der Waals surface area contributed by atoms with Crippen molar-refractivity contribution in [3.63, 3.8) is 0 Å². The van der Waals surface area contributed by atoms with Gasteiger partial charge in [0.15, 0.2) is 0 Å². The van der Waals surface area contributed by atoms with E-state index >= 15 is 0 Å². The highest BCUT2D eigenvalue weighted by Gasteiger charge is 2.13. The van der Waals surface area contributed by atoms with Gasteiger partial charge in [0.25, 0.3) is 0 Å². The van der Waals surface area contributed by atoms with Crippen molar-refractivity contribution in [2.45, 2.75) is 13.0 Å². The quantitative estimate of drug-likeness (QED) is 0.584. The molecular weight excluding hydrogens is 347 g/mol. The van der Waals surface area contributed by atoms with Gasteiger partial charge in [-0.1, -0.05) is 34.8 Å². The van der Waals surface area contributed by atoms with Gasteiger partial charge in [-0.25, -0.2) is 0 Å². The first-order valence-electron chi connectivity index (χ1n) is 6.29. The number of thiophene rings is 1. The zero-order valence-electron chi connectivity index (χ0n) is 11.0. The van der Waals surface area contributed by atoms with Crippen LogP contribution in [0.1, 0.15) is 18.5 Å². The number of halogens is 3. The van der Waals surface area contributed by atoms with E-state index in [1.807, 2.05) is 24.6 Å². The van der Waals surface area contributed by atoms with Gasteiger partial charge in [-0.2, -0.15) is 0 Å². The molecule has 108 valence electrons. The second-order valence-electron chi connectivity index (χ2n) is 4.68. The first kappa shape index (κ1) is 14.9. The monoisotopic (exact) mass is 356 g/mol. The van der Waals surface area contributed by atoms with Gasteiger partial charge in [0, 0.05) is 11.2 Å². The molecule has 0 saturated carbocycles. The summed E-state index contributed by atoms with van der Waals surface area (Å²) < 4.78 is 1.16. The van der Waals surface area contributed by atoms with Gasteiger partial charge in [0.05, 0.1) is 32.0 Å². The number of fused-ring (bicyclic) bond motifs is 1. The van der Waals surface area contributed by atoms with E-state index in [4.69, 9.17) is 34.8 Å². The Morgan fingerprint density at radius 2 is 1.86 bits per heavy atom. The Kier molecular flexibility index (Phi) is 4.27. The van der Waals surface area contributed by atoms with Gasteiger partial charge in [0.1, 0.15) is 0 Å². The lowest BCUT2D eigenvalue weighted by molar-refractivity contribution is 0.880. The summed E-state index contributed by atoms with van der Waals surface area (Å²) in [6.07, 6.45) is 1.87. The fourth-order valence-corrected chi connectivity index (χ4v) is 3.79. The highest BCUT2D eigenvalue weighted by Crippen LogP contribution is 2.36. The minimum absolute atomic E-state index is 0.0279. The minimum atomic E-state index is 0.0279. The van der Waals surface area contributed by atoms with Crippen LogP contribution in [0.15, 0.2) is 35.8 Å². The van der Waals surface area contributed by atoms with E-state index in [1.54, 1.807) is 23.5 Å². The molecule has 0 spiro atoms. The number of aromatic nitrogens is 1. The standard InChI is InChI=1S/C15H11Cl3N2S/c1-8(9-4-14-13(19-7-9)2-3-21-14)20-15-11(17)5-10(16)6-12(15)18/h2-8,20H,1H3. The molecule has 2 heterocycles. The molecule has 6 heteroatoms. The second kappa shape index (κ2) is 6.01. The van der Waals surface area contributed by atoms with Crippen LogP contribution < -0.4 is 5.32 Å². The second-order valence-corrected chi connectivity index (χ2v) is 6.88. The minimum Gasteiger partial charge on any atom is -0.376 e. The third kappa shape index (κ3) is 3.11. The molecule has 3 aromatic rings. The third-order valence-electron chi connectivity index (χ3n) is 3.19. The molecular formula is C15H11Cl3N2S. The zero-order valence-corrected chi connectivity index (χ0v) is 14.1. The van der Waals surface area contributed by atoms with Crippen molar-refractivity contribution in [3.05, 3.63) is 56.5 Å². The summed E-state index contributed by atoms with van der Waals surface area (Å²) in [4.78, 5) is 4.45. The van der Waals surface area contributed by atoms with Crippen LogP contribution in [0, 0.1) is 0 Å². The molecule has 0 aliphatic heterocycles. The van der Waals surface area contributed by atoms with Crippen molar-refractivity contribution < 1.29 is 0 Å². The Labute approximate surface area is 141 Å². The Hall–Kier alpha value is -1.00. The fraction of sp³-hybridized carbons (Fsp3) is 0.133. The van der Waals surface area contributed by atoms with E-state index in [1.165, 1.54) is 0 Å². The summed E-state index contributed by atoms with van der Waals surface area (Å²) in [7, 11) is 0. The van der Waals surface area contributed by atoms with Crippen molar-refractivity contribution in [2.24, 2.45) is 0 Å². The maximum absolute atomic E-state index is 6.20. The van der Waals surface area contributed by atoms with Crippen LogP contribution in [-0.4, -0.2) is 4.98 Å². The maximum Gasteiger partial charge on any atom is 0.0809 e. The molecule has 0 radical (unpaired) electrons. The molecule has 0 saturated heterocycles. The van der Waals surface area contributed by atoms with E-state index in [2.05, 4.69) is 16.4 Å². The SMILES string of the molecule is CC(Nc1c(Cl)cc(Cl)cc1Cl)c1cnc2ccsc2c1. The van der Waals surface area contributed by atoms with Crippen molar-refractivity contribution >= 4 is 62.0 Å². The number of nitrogens with one attached hydrogen (secondary N) is 1. The topological polar surface area (TPSA) is 24.9 Å². The molecule has 0 aliphatic carbocycles. The summed E-state index contributed by atoms with van der Waals surface area (Å²) >= 11 is 20.0. The lowest BCUT2D eigenvalue weighted by Gasteiger charge is -2.18. The number of benzene rings is 1. The van der Waals surface area contributed by atoms with Gasteiger partial charge in [-0.05, 0) is 42.1 Å². The van der Waals surface area contributed by atoms with E-state index in [-0.39, 0.29) is 6.04 Å². The fourth-order valence-electron chi connectivity index (χ4n) is 2.08. The molecule has 1 atom stereocenters. The van der Waals surface area contributed by atoms with Gasteiger partial charge in [0.2, 0.25) is 0 Å². The van der Waals surface area contributed by atoms with Crippen molar-refractivity contribution in [2.75, 3.05) is 5.32 Å². The molecule has 21 heavy (non-hydrogen) atoms. The molecule has 0 bridgehead atoms. The van der Waals surface area contributed by atoms with Gasteiger partial charge in [-0.3, -0.25) is 4.98 Å². The lowest BCUT2D eigenvalue weighted by atomic mass is 10.1. The van der Waals surface area contributed by atoms with E-state index in [0.29, 0.717) is 20.8 Å². The molecule has 0 amide bonds. The van der Waals surface area contributed by atoms with Crippen LogP contribution in [0.3, 0.4) is 0 Å². The largest absolute Gasteiger partial charge is 0.376 e. The number of rotatable bonds is 3. The number of pyridine rings is 1. The Morgan fingerprint density at radius 3 is 2.57 bits per heavy atom. The van der Waals surface area contributed by atoms with E-state index in [9.17, 15) is 0 Å². The molecule has 1 aromatic carbocycles. The van der Waals surface area contributed by atoms with Crippen LogP contribution in [0.25, 0.3) is 10.2 Å². The maximum atomic E-state index is 6.20. The number of hydrogen-bond acceptors (Lipinski definition) is 3. The molecule has 3 rings (SSSR count). The summed E-state index contributed by atoms with van der Waals surface area (Å²) in [6.45, 7) is 2.04.